The molecule has 1 aliphatic heterocycles. The zero-order valence-corrected chi connectivity index (χ0v) is 18.0. The van der Waals surface area contributed by atoms with Gasteiger partial charge in [0.15, 0.2) is 0 Å². The molecule has 0 saturated carbocycles. The maximum Gasteiger partial charge on any atom is 0.265 e. The first-order valence-corrected chi connectivity index (χ1v) is 10.9. The van der Waals surface area contributed by atoms with E-state index >= 15 is 0 Å². The van der Waals surface area contributed by atoms with Gasteiger partial charge in [-0.2, -0.15) is 0 Å². The standard InChI is InChI=1S/C21H19ClN2O5S/c1-12(21(25)23-15-11-17(28-2)14(22)10-18(15)29-3)24-16-8-4-6-13-7-5-9-19(20(13)16)30(24,26)27/h4-12H,1-3H3,(H,23,25)/t12-/m1/s1. The second-order valence-corrected chi connectivity index (χ2v) is 8.98. The van der Waals surface area contributed by atoms with Crippen molar-refractivity contribution < 1.29 is 22.7 Å². The topological polar surface area (TPSA) is 84.9 Å². The minimum atomic E-state index is -3.87. The third kappa shape index (κ3) is 3.03. The van der Waals surface area contributed by atoms with E-state index in [0.717, 1.165) is 9.69 Å². The summed E-state index contributed by atoms with van der Waals surface area (Å²) in [6.45, 7) is 1.54. The monoisotopic (exact) mass is 446 g/mol. The molecule has 1 aliphatic rings. The van der Waals surface area contributed by atoms with Crippen LogP contribution in [0.15, 0.2) is 53.4 Å². The van der Waals surface area contributed by atoms with Gasteiger partial charge in [-0.05, 0) is 24.4 Å². The van der Waals surface area contributed by atoms with E-state index in [1.807, 2.05) is 12.1 Å². The van der Waals surface area contributed by atoms with Crippen molar-refractivity contribution in [2.75, 3.05) is 23.8 Å². The Kier molecular flexibility index (Phi) is 4.99. The first-order chi connectivity index (χ1) is 14.3. The van der Waals surface area contributed by atoms with Crippen molar-refractivity contribution in [3.05, 3.63) is 53.6 Å². The highest BCUT2D eigenvalue weighted by atomic mass is 35.5. The van der Waals surface area contributed by atoms with Crippen LogP contribution in [-0.4, -0.2) is 34.6 Å². The van der Waals surface area contributed by atoms with Gasteiger partial charge < -0.3 is 14.8 Å². The Labute approximate surface area is 179 Å². The molecule has 0 aliphatic carbocycles. The number of halogens is 1. The van der Waals surface area contributed by atoms with Crippen LogP contribution < -0.4 is 19.1 Å². The molecule has 0 saturated heterocycles. The summed E-state index contributed by atoms with van der Waals surface area (Å²) in [7, 11) is -0.976. The first-order valence-electron chi connectivity index (χ1n) is 9.08. The van der Waals surface area contributed by atoms with Gasteiger partial charge in [0.1, 0.15) is 17.5 Å². The number of nitrogens with zero attached hydrogens (tertiary/aromatic N) is 1. The van der Waals surface area contributed by atoms with E-state index in [-0.39, 0.29) is 4.90 Å². The van der Waals surface area contributed by atoms with Crippen LogP contribution in [0.4, 0.5) is 11.4 Å². The van der Waals surface area contributed by atoms with Gasteiger partial charge in [0.2, 0.25) is 5.91 Å². The van der Waals surface area contributed by atoms with Gasteiger partial charge in [-0.25, -0.2) is 8.42 Å². The van der Waals surface area contributed by atoms with E-state index < -0.39 is 22.0 Å². The van der Waals surface area contributed by atoms with E-state index in [9.17, 15) is 13.2 Å². The molecule has 3 aromatic rings. The molecular formula is C21H19ClN2O5S. The molecule has 156 valence electrons. The molecule has 0 spiro atoms. The van der Waals surface area contributed by atoms with E-state index in [4.69, 9.17) is 21.1 Å². The summed E-state index contributed by atoms with van der Waals surface area (Å²) < 4.78 is 38.1. The Balaban J connectivity index is 1.72. The van der Waals surface area contributed by atoms with Gasteiger partial charge >= 0.3 is 0 Å². The number of sulfonamides is 1. The second-order valence-electron chi connectivity index (χ2n) is 6.78. The van der Waals surface area contributed by atoms with Gasteiger partial charge in [-0.15, -0.1) is 0 Å². The van der Waals surface area contributed by atoms with E-state index in [1.165, 1.54) is 33.3 Å². The second kappa shape index (κ2) is 7.37. The number of ether oxygens (including phenoxy) is 2. The molecule has 1 N–H and O–H groups in total. The van der Waals surface area contributed by atoms with Crippen LogP contribution in [0.1, 0.15) is 6.92 Å². The van der Waals surface area contributed by atoms with Gasteiger partial charge in [-0.1, -0.05) is 35.9 Å². The molecule has 4 rings (SSSR count). The molecule has 0 fully saturated rings. The zero-order chi connectivity index (χ0) is 21.6. The summed E-state index contributed by atoms with van der Waals surface area (Å²) in [5, 5.41) is 4.47. The lowest BCUT2D eigenvalue weighted by Gasteiger charge is -2.25. The van der Waals surface area contributed by atoms with Crippen LogP contribution >= 0.6 is 11.6 Å². The van der Waals surface area contributed by atoms with Crippen LogP contribution in [0, 0.1) is 0 Å². The minimum Gasteiger partial charge on any atom is -0.495 e. The van der Waals surface area contributed by atoms with E-state index in [2.05, 4.69) is 5.32 Å². The molecular weight excluding hydrogens is 428 g/mol. The highest BCUT2D eigenvalue weighted by Gasteiger charge is 2.41. The van der Waals surface area contributed by atoms with Crippen molar-refractivity contribution in [3.63, 3.8) is 0 Å². The Morgan fingerprint density at radius 3 is 2.40 bits per heavy atom. The Bertz CT molecular complexity index is 1270. The molecule has 0 bridgehead atoms. The summed E-state index contributed by atoms with van der Waals surface area (Å²) >= 11 is 6.11. The molecule has 30 heavy (non-hydrogen) atoms. The highest BCUT2D eigenvalue weighted by Crippen LogP contribution is 2.43. The summed E-state index contributed by atoms with van der Waals surface area (Å²) in [4.78, 5) is 13.3. The molecule has 1 heterocycles. The van der Waals surface area contributed by atoms with Crippen molar-refractivity contribution >= 4 is 49.7 Å². The fourth-order valence-electron chi connectivity index (χ4n) is 3.64. The number of hydrogen-bond donors (Lipinski definition) is 1. The number of anilines is 2. The largest absolute Gasteiger partial charge is 0.495 e. The maximum atomic E-state index is 13.2. The van der Waals surface area contributed by atoms with Crippen LogP contribution in [0.5, 0.6) is 11.5 Å². The number of rotatable bonds is 5. The van der Waals surface area contributed by atoms with Gasteiger partial charge in [0.05, 0.1) is 35.5 Å². The molecule has 7 nitrogen and oxygen atoms in total. The van der Waals surface area contributed by atoms with Crippen LogP contribution in [0.2, 0.25) is 5.02 Å². The van der Waals surface area contributed by atoms with Crippen LogP contribution in [0.3, 0.4) is 0 Å². The van der Waals surface area contributed by atoms with Crippen molar-refractivity contribution in [1.82, 2.24) is 0 Å². The third-order valence-electron chi connectivity index (χ3n) is 5.08. The molecule has 1 amide bonds. The number of nitrogens with one attached hydrogen (secondary N) is 1. The Morgan fingerprint density at radius 1 is 1.07 bits per heavy atom. The van der Waals surface area contributed by atoms with Crippen molar-refractivity contribution in [2.24, 2.45) is 0 Å². The third-order valence-corrected chi connectivity index (χ3v) is 7.30. The van der Waals surface area contributed by atoms with Gasteiger partial charge in [0.25, 0.3) is 10.0 Å². The number of carbonyl (C=O) groups is 1. The smallest absolute Gasteiger partial charge is 0.265 e. The Hall–Kier alpha value is -2.97. The average Bonchev–Trinajstić information content (AvgIpc) is 2.96. The van der Waals surface area contributed by atoms with Crippen LogP contribution in [0.25, 0.3) is 10.8 Å². The quantitative estimate of drug-likeness (QED) is 0.639. The number of amides is 1. The molecule has 0 radical (unpaired) electrons. The lowest BCUT2D eigenvalue weighted by Crippen LogP contribution is -2.44. The number of carbonyl (C=O) groups excluding carboxylic acids is 1. The fraction of sp³-hybridized carbons (Fsp3) is 0.190. The van der Waals surface area contributed by atoms with Crippen molar-refractivity contribution in [3.8, 4) is 11.5 Å². The SMILES string of the molecule is COc1cc(NC(=O)[C@@H](C)N2c3cccc4cccc(c34)S2(=O)=O)c(OC)cc1Cl. The predicted octanol–water partition coefficient (Wildman–Crippen LogP) is 4.05. The number of methoxy groups -OCH3 is 2. The average molecular weight is 447 g/mol. The molecule has 0 aromatic heterocycles. The number of hydrogen-bond acceptors (Lipinski definition) is 5. The first kappa shape index (κ1) is 20.3. The summed E-state index contributed by atoms with van der Waals surface area (Å²) in [6, 6.07) is 12.4. The lowest BCUT2D eigenvalue weighted by molar-refractivity contribution is -0.116. The fourth-order valence-corrected chi connectivity index (χ4v) is 5.74. The molecule has 0 unspecified atom stereocenters. The number of benzene rings is 3. The normalized spacial score (nSPS) is 15.1. The maximum absolute atomic E-state index is 13.2. The van der Waals surface area contributed by atoms with Gasteiger partial charge in [0, 0.05) is 17.5 Å². The Morgan fingerprint density at radius 2 is 1.73 bits per heavy atom. The van der Waals surface area contributed by atoms with Crippen molar-refractivity contribution in [1.29, 1.82) is 0 Å². The van der Waals surface area contributed by atoms with Crippen LogP contribution in [-0.2, 0) is 14.8 Å². The molecule has 1 atom stereocenters. The minimum absolute atomic E-state index is 0.195. The predicted molar refractivity (Wildman–Crippen MR) is 116 cm³/mol. The highest BCUT2D eigenvalue weighted by molar-refractivity contribution is 7.93. The van der Waals surface area contributed by atoms with Gasteiger partial charge in [-0.3, -0.25) is 9.10 Å². The molecule has 9 heteroatoms. The van der Waals surface area contributed by atoms with Crippen molar-refractivity contribution in [2.45, 2.75) is 17.9 Å². The lowest BCUT2D eigenvalue weighted by atomic mass is 10.1. The summed E-state index contributed by atoms with van der Waals surface area (Å²) in [5.41, 5.74) is 0.800. The summed E-state index contributed by atoms with van der Waals surface area (Å²) in [6.07, 6.45) is 0. The van der Waals surface area contributed by atoms with E-state index in [1.54, 1.807) is 24.3 Å². The molecule has 3 aromatic carbocycles. The van der Waals surface area contributed by atoms with E-state index in [0.29, 0.717) is 33.3 Å². The zero-order valence-electron chi connectivity index (χ0n) is 16.5. The summed E-state index contributed by atoms with van der Waals surface area (Å²) in [5.74, 6) is 0.161.